The molecule has 0 amide bonds. The van der Waals surface area contributed by atoms with Crippen LogP contribution in [0.2, 0.25) is 0 Å². The van der Waals surface area contributed by atoms with Crippen molar-refractivity contribution in [2.75, 3.05) is 0 Å². The molecule has 0 aliphatic heterocycles. The van der Waals surface area contributed by atoms with Gasteiger partial charge in [-0.05, 0) is 31.6 Å². The molecule has 0 aromatic heterocycles. The summed E-state index contributed by atoms with van der Waals surface area (Å²) < 4.78 is 47.7. The van der Waals surface area contributed by atoms with Crippen LogP contribution in [0.1, 0.15) is 71.6 Å². The summed E-state index contributed by atoms with van der Waals surface area (Å²) in [6.45, 7) is 3.81. The van der Waals surface area contributed by atoms with Crippen molar-refractivity contribution in [3.8, 4) is 6.07 Å². The van der Waals surface area contributed by atoms with Gasteiger partial charge in [0.1, 0.15) is 11.6 Å². The first-order valence-electron chi connectivity index (χ1n) is 9.44. The van der Waals surface area contributed by atoms with E-state index < -0.39 is 23.8 Å². The molecule has 1 saturated carbocycles. The predicted molar refractivity (Wildman–Crippen MR) is 91.2 cm³/mol. The van der Waals surface area contributed by atoms with E-state index in [9.17, 15) is 13.2 Å². The van der Waals surface area contributed by atoms with Crippen LogP contribution >= 0.6 is 0 Å². The zero-order valence-corrected chi connectivity index (χ0v) is 15.2. The number of halogens is 3. The summed E-state index contributed by atoms with van der Waals surface area (Å²) in [5, 5.41) is 8.89. The maximum absolute atomic E-state index is 14.5. The minimum atomic E-state index is -3.27. The van der Waals surface area contributed by atoms with Crippen LogP contribution in [0.15, 0.2) is 23.2 Å². The predicted octanol–water partition coefficient (Wildman–Crippen LogP) is 6.65. The van der Waals surface area contributed by atoms with Gasteiger partial charge in [-0.2, -0.15) is 14.0 Å². The van der Waals surface area contributed by atoms with Crippen molar-refractivity contribution < 1.29 is 17.9 Å². The summed E-state index contributed by atoms with van der Waals surface area (Å²) in [5.74, 6) is -1.51. The molecule has 5 heteroatoms. The van der Waals surface area contributed by atoms with E-state index in [1.54, 1.807) is 13.0 Å². The second-order valence-electron chi connectivity index (χ2n) is 7.47. The summed E-state index contributed by atoms with van der Waals surface area (Å²) in [4.78, 5) is 0. The average molecular weight is 355 g/mol. The third-order valence-electron chi connectivity index (χ3n) is 5.47. The summed E-state index contributed by atoms with van der Waals surface area (Å²) >= 11 is 0. The molecule has 0 N–H and O–H groups in total. The smallest absolute Gasteiger partial charge is 0.400 e. The van der Waals surface area contributed by atoms with Crippen LogP contribution in [-0.2, 0) is 4.74 Å². The van der Waals surface area contributed by atoms with Crippen LogP contribution in [0.25, 0.3) is 0 Å². The molecular formula is C20H28F3NO. The molecule has 25 heavy (non-hydrogen) atoms. The van der Waals surface area contributed by atoms with E-state index in [4.69, 9.17) is 10.00 Å². The lowest BCUT2D eigenvalue weighted by Crippen LogP contribution is -2.35. The van der Waals surface area contributed by atoms with Gasteiger partial charge in [0.05, 0.1) is 17.6 Å². The fourth-order valence-corrected chi connectivity index (χ4v) is 3.88. The first-order valence-corrected chi connectivity index (χ1v) is 9.44. The minimum absolute atomic E-state index is 0.00301. The molecular weight excluding hydrogens is 327 g/mol. The molecule has 2 aliphatic carbocycles. The second kappa shape index (κ2) is 8.78. The number of alkyl halides is 2. The lowest BCUT2D eigenvalue weighted by atomic mass is 9.79. The Morgan fingerprint density at radius 1 is 1.24 bits per heavy atom. The quantitative estimate of drug-likeness (QED) is 0.479. The largest absolute Gasteiger partial charge is 0.437 e. The van der Waals surface area contributed by atoms with Crippen molar-refractivity contribution in [1.82, 2.24) is 0 Å². The highest BCUT2D eigenvalue weighted by molar-refractivity contribution is 5.37. The van der Waals surface area contributed by atoms with Gasteiger partial charge in [-0.25, -0.2) is 4.39 Å². The number of allylic oxidation sites excluding steroid dienone is 4. The lowest BCUT2D eigenvalue weighted by molar-refractivity contribution is -0.258. The zero-order chi connectivity index (χ0) is 18.4. The fourth-order valence-electron chi connectivity index (χ4n) is 3.88. The average Bonchev–Trinajstić information content (AvgIpc) is 2.55. The van der Waals surface area contributed by atoms with Gasteiger partial charge in [0.15, 0.2) is 0 Å². The number of hydrogen-bond donors (Lipinski definition) is 0. The van der Waals surface area contributed by atoms with Gasteiger partial charge in [-0.3, -0.25) is 0 Å². The summed E-state index contributed by atoms with van der Waals surface area (Å²) in [5.41, 5.74) is 0.00301. The molecule has 140 valence electrons. The van der Waals surface area contributed by atoms with E-state index in [0.717, 1.165) is 25.3 Å². The van der Waals surface area contributed by atoms with Gasteiger partial charge < -0.3 is 4.74 Å². The van der Waals surface area contributed by atoms with Crippen molar-refractivity contribution in [2.45, 2.75) is 77.7 Å². The number of ether oxygens (including phenoxy) is 1. The standard InChI is InChI=1S/C20H28F3NO/c1-3-4-5-6-15-7-9-16(10-8-15)20(22,23)25-17-11-14(2)18(13-24)19(21)12-17/h12,14-16H,3-11H2,1-2H3. The van der Waals surface area contributed by atoms with Crippen molar-refractivity contribution in [3.05, 3.63) is 23.2 Å². The third kappa shape index (κ3) is 5.26. The van der Waals surface area contributed by atoms with E-state index >= 15 is 0 Å². The number of rotatable bonds is 7. The molecule has 2 nitrogen and oxygen atoms in total. The highest BCUT2D eigenvalue weighted by atomic mass is 19.3. The maximum atomic E-state index is 14.5. The van der Waals surface area contributed by atoms with Crippen LogP contribution in [0.4, 0.5) is 13.2 Å². The van der Waals surface area contributed by atoms with Crippen molar-refractivity contribution >= 4 is 0 Å². The Morgan fingerprint density at radius 3 is 2.48 bits per heavy atom. The number of hydrogen-bond acceptors (Lipinski definition) is 2. The van der Waals surface area contributed by atoms with Gasteiger partial charge in [-0.15, -0.1) is 0 Å². The monoisotopic (exact) mass is 355 g/mol. The Kier molecular flexibility index (Phi) is 6.98. The van der Waals surface area contributed by atoms with Crippen molar-refractivity contribution in [1.29, 1.82) is 5.26 Å². The molecule has 0 radical (unpaired) electrons. The Hall–Kier alpha value is -1.44. The van der Waals surface area contributed by atoms with E-state index in [2.05, 4.69) is 6.92 Å². The van der Waals surface area contributed by atoms with E-state index in [1.165, 1.54) is 19.3 Å². The molecule has 2 aliphatic rings. The Balaban J connectivity index is 1.90. The highest BCUT2D eigenvalue weighted by Gasteiger charge is 2.44. The summed E-state index contributed by atoms with van der Waals surface area (Å²) in [7, 11) is 0. The molecule has 0 aromatic carbocycles. The summed E-state index contributed by atoms with van der Waals surface area (Å²) in [6.07, 6.45) is 5.03. The number of unbranched alkanes of at least 4 members (excludes halogenated alkanes) is 2. The Morgan fingerprint density at radius 2 is 1.92 bits per heavy atom. The van der Waals surface area contributed by atoms with Gasteiger partial charge in [-0.1, -0.05) is 39.5 Å². The summed E-state index contributed by atoms with van der Waals surface area (Å²) in [6, 6.07) is 1.79. The Bertz CT molecular complexity index is 554. The van der Waals surface area contributed by atoms with E-state index in [-0.39, 0.29) is 17.8 Å². The molecule has 1 unspecified atom stereocenters. The van der Waals surface area contributed by atoms with Crippen molar-refractivity contribution in [2.24, 2.45) is 17.8 Å². The molecule has 2 rings (SSSR count). The molecule has 0 saturated heterocycles. The topological polar surface area (TPSA) is 33.0 Å². The SMILES string of the molecule is CCCCCC1CCC(C(F)(F)OC2=CC(F)=C(C#N)C(C)C2)CC1. The first-order chi connectivity index (χ1) is 11.9. The number of nitriles is 1. The van der Waals surface area contributed by atoms with Gasteiger partial charge in [0.2, 0.25) is 0 Å². The number of nitrogens with zero attached hydrogens (tertiary/aromatic N) is 1. The molecule has 0 heterocycles. The highest BCUT2D eigenvalue weighted by Crippen LogP contribution is 2.43. The van der Waals surface area contributed by atoms with Crippen LogP contribution in [0.5, 0.6) is 0 Å². The van der Waals surface area contributed by atoms with Crippen molar-refractivity contribution in [3.63, 3.8) is 0 Å². The van der Waals surface area contributed by atoms with Gasteiger partial charge in [0, 0.05) is 18.4 Å². The molecule has 0 bridgehead atoms. The zero-order valence-electron chi connectivity index (χ0n) is 15.2. The molecule has 0 aromatic rings. The third-order valence-corrected chi connectivity index (χ3v) is 5.47. The molecule has 0 spiro atoms. The maximum Gasteiger partial charge on any atom is 0.400 e. The van der Waals surface area contributed by atoms with Crippen LogP contribution in [0.3, 0.4) is 0 Å². The van der Waals surface area contributed by atoms with Crippen LogP contribution < -0.4 is 0 Å². The van der Waals surface area contributed by atoms with E-state index in [1.807, 2.05) is 0 Å². The second-order valence-corrected chi connectivity index (χ2v) is 7.47. The molecule has 1 fully saturated rings. The van der Waals surface area contributed by atoms with Gasteiger partial charge >= 0.3 is 6.11 Å². The minimum Gasteiger partial charge on any atom is -0.437 e. The fraction of sp³-hybridized carbons (Fsp3) is 0.750. The lowest BCUT2D eigenvalue weighted by Gasteiger charge is -2.34. The van der Waals surface area contributed by atoms with Crippen LogP contribution in [-0.4, -0.2) is 6.11 Å². The van der Waals surface area contributed by atoms with Gasteiger partial charge in [0.25, 0.3) is 0 Å². The normalized spacial score (nSPS) is 27.7. The Labute approximate surface area is 148 Å². The van der Waals surface area contributed by atoms with Crippen LogP contribution in [0, 0.1) is 29.1 Å². The molecule has 1 atom stereocenters. The first kappa shape index (κ1) is 19.9. The van der Waals surface area contributed by atoms with E-state index in [0.29, 0.717) is 18.8 Å².